The molecule has 1 fully saturated rings. The fourth-order valence-corrected chi connectivity index (χ4v) is 0.814. The zero-order valence-corrected chi connectivity index (χ0v) is 6.21. The average molecular weight is 142 g/mol. The summed E-state index contributed by atoms with van der Waals surface area (Å²) in [6.07, 6.45) is 4.58. The Bertz CT molecular complexity index is 97.4. The van der Waals surface area contributed by atoms with E-state index in [2.05, 4.69) is 6.58 Å². The first-order valence-corrected chi connectivity index (χ1v) is 3.73. The lowest BCUT2D eigenvalue weighted by atomic mass is 10.3. The number of epoxide rings is 1. The molecule has 0 N–H and O–H groups in total. The largest absolute Gasteiger partial charge is 0.377 e. The molecule has 1 saturated heterocycles. The van der Waals surface area contributed by atoms with E-state index in [1.807, 2.05) is 0 Å². The van der Waals surface area contributed by atoms with Gasteiger partial charge in [0.1, 0.15) is 0 Å². The molecule has 0 spiro atoms. The van der Waals surface area contributed by atoms with Crippen LogP contribution in [-0.4, -0.2) is 25.9 Å². The normalized spacial score (nSPS) is 22.6. The predicted octanol–water partition coefficient (Wildman–Crippen LogP) is 1.37. The van der Waals surface area contributed by atoms with Crippen molar-refractivity contribution in [3.63, 3.8) is 0 Å². The van der Waals surface area contributed by atoms with Crippen molar-refractivity contribution in [2.45, 2.75) is 18.9 Å². The van der Waals surface area contributed by atoms with Gasteiger partial charge in [-0.2, -0.15) is 0 Å². The number of hydrogen-bond acceptors (Lipinski definition) is 2. The van der Waals surface area contributed by atoms with Crippen LogP contribution in [-0.2, 0) is 9.47 Å². The van der Waals surface area contributed by atoms with E-state index in [0.29, 0.717) is 12.7 Å². The monoisotopic (exact) mass is 142 g/mol. The van der Waals surface area contributed by atoms with Crippen LogP contribution in [0, 0.1) is 0 Å². The minimum Gasteiger partial charge on any atom is -0.377 e. The highest BCUT2D eigenvalue weighted by Crippen LogP contribution is 2.14. The van der Waals surface area contributed by atoms with Crippen molar-refractivity contribution in [2.75, 3.05) is 19.8 Å². The van der Waals surface area contributed by atoms with Gasteiger partial charge in [0.25, 0.3) is 0 Å². The van der Waals surface area contributed by atoms with Crippen LogP contribution in [0.4, 0.5) is 0 Å². The van der Waals surface area contributed by atoms with Crippen LogP contribution in [0.5, 0.6) is 0 Å². The van der Waals surface area contributed by atoms with E-state index >= 15 is 0 Å². The summed E-state index contributed by atoms with van der Waals surface area (Å²) in [7, 11) is 0. The van der Waals surface area contributed by atoms with Crippen LogP contribution < -0.4 is 0 Å². The molecule has 2 heteroatoms. The Morgan fingerprint density at radius 3 is 3.10 bits per heavy atom. The summed E-state index contributed by atoms with van der Waals surface area (Å²) in [5, 5.41) is 0. The van der Waals surface area contributed by atoms with Crippen LogP contribution in [0.1, 0.15) is 12.8 Å². The Morgan fingerprint density at radius 2 is 2.50 bits per heavy atom. The number of hydrogen-bond donors (Lipinski definition) is 0. The van der Waals surface area contributed by atoms with E-state index in [-0.39, 0.29) is 0 Å². The molecule has 0 saturated carbocycles. The van der Waals surface area contributed by atoms with E-state index in [9.17, 15) is 0 Å². The second kappa shape index (κ2) is 4.47. The fourth-order valence-electron chi connectivity index (χ4n) is 0.814. The molecule has 58 valence electrons. The zero-order chi connectivity index (χ0) is 7.23. The van der Waals surface area contributed by atoms with E-state index in [4.69, 9.17) is 9.47 Å². The summed E-state index contributed by atoms with van der Waals surface area (Å²) >= 11 is 0. The third-order valence-electron chi connectivity index (χ3n) is 1.45. The van der Waals surface area contributed by atoms with Crippen molar-refractivity contribution in [1.29, 1.82) is 0 Å². The molecule has 2 nitrogen and oxygen atoms in total. The van der Waals surface area contributed by atoms with Crippen molar-refractivity contribution >= 4 is 0 Å². The molecule has 1 aliphatic rings. The molecule has 1 heterocycles. The molecule has 1 atom stereocenters. The lowest BCUT2D eigenvalue weighted by molar-refractivity contribution is 0.155. The molecule has 1 aliphatic heterocycles. The summed E-state index contributed by atoms with van der Waals surface area (Å²) < 4.78 is 10.2. The van der Waals surface area contributed by atoms with Gasteiger partial charge >= 0.3 is 0 Å². The van der Waals surface area contributed by atoms with Crippen molar-refractivity contribution in [2.24, 2.45) is 0 Å². The van der Waals surface area contributed by atoms with E-state index < -0.39 is 0 Å². The summed E-state index contributed by atoms with van der Waals surface area (Å²) in [6, 6.07) is 0. The highest BCUT2D eigenvalue weighted by molar-refractivity contribution is 4.68. The van der Waals surface area contributed by atoms with Gasteiger partial charge in [0.2, 0.25) is 0 Å². The van der Waals surface area contributed by atoms with Gasteiger partial charge in [-0.1, -0.05) is 6.08 Å². The first-order chi connectivity index (χ1) is 4.93. The van der Waals surface area contributed by atoms with E-state index in [0.717, 1.165) is 26.1 Å². The molecule has 0 amide bonds. The van der Waals surface area contributed by atoms with Crippen LogP contribution in [0.25, 0.3) is 0 Å². The summed E-state index contributed by atoms with van der Waals surface area (Å²) in [5.74, 6) is 0. The standard InChI is InChI=1S/C8H14O2/c1-2-5-9-6-3-4-8-7-10-8/h2,8H,1,3-7H2. The summed E-state index contributed by atoms with van der Waals surface area (Å²) in [5.41, 5.74) is 0. The Kier molecular flexibility index (Phi) is 3.47. The molecule has 0 aromatic rings. The Morgan fingerprint density at radius 1 is 1.70 bits per heavy atom. The maximum absolute atomic E-state index is 5.19. The highest BCUT2D eigenvalue weighted by atomic mass is 16.6. The first kappa shape index (κ1) is 7.76. The first-order valence-electron chi connectivity index (χ1n) is 3.73. The predicted molar refractivity (Wildman–Crippen MR) is 40.0 cm³/mol. The molecule has 0 radical (unpaired) electrons. The van der Waals surface area contributed by atoms with Gasteiger partial charge in [-0.25, -0.2) is 0 Å². The van der Waals surface area contributed by atoms with Crippen LogP contribution in [0.3, 0.4) is 0 Å². The third kappa shape index (κ3) is 3.64. The van der Waals surface area contributed by atoms with Crippen LogP contribution >= 0.6 is 0 Å². The molecule has 0 aromatic carbocycles. The topological polar surface area (TPSA) is 21.8 Å². The molecule has 1 rings (SSSR count). The fraction of sp³-hybridized carbons (Fsp3) is 0.750. The van der Waals surface area contributed by atoms with Crippen LogP contribution in [0.15, 0.2) is 12.7 Å². The second-order valence-electron chi connectivity index (χ2n) is 2.46. The van der Waals surface area contributed by atoms with Gasteiger partial charge in [-0.05, 0) is 12.8 Å². The summed E-state index contributed by atoms with van der Waals surface area (Å²) in [6.45, 7) is 6.03. The summed E-state index contributed by atoms with van der Waals surface area (Å²) in [4.78, 5) is 0. The number of rotatable bonds is 6. The Hall–Kier alpha value is -0.340. The lowest BCUT2D eigenvalue weighted by Crippen LogP contribution is -1.96. The van der Waals surface area contributed by atoms with Gasteiger partial charge in [-0.3, -0.25) is 0 Å². The molecule has 10 heavy (non-hydrogen) atoms. The minimum atomic E-state index is 0.548. The van der Waals surface area contributed by atoms with Gasteiger partial charge in [0.05, 0.1) is 19.3 Å². The van der Waals surface area contributed by atoms with Crippen molar-refractivity contribution < 1.29 is 9.47 Å². The second-order valence-corrected chi connectivity index (χ2v) is 2.46. The SMILES string of the molecule is C=CCOCCCC1CO1. The molecule has 1 unspecified atom stereocenters. The molecule has 0 bridgehead atoms. The smallest absolute Gasteiger partial charge is 0.0810 e. The molecule has 0 aliphatic carbocycles. The quantitative estimate of drug-likeness (QED) is 0.317. The highest BCUT2D eigenvalue weighted by Gasteiger charge is 2.20. The van der Waals surface area contributed by atoms with Gasteiger partial charge in [-0.15, -0.1) is 6.58 Å². The molecule has 0 aromatic heterocycles. The third-order valence-corrected chi connectivity index (χ3v) is 1.45. The van der Waals surface area contributed by atoms with Crippen molar-refractivity contribution in [1.82, 2.24) is 0 Å². The van der Waals surface area contributed by atoms with Crippen molar-refractivity contribution in [3.8, 4) is 0 Å². The zero-order valence-electron chi connectivity index (χ0n) is 6.21. The van der Waals surface area contributed by atoms with Gasteiger partial charge in [0.15, 0.2) is 0 Å². The number of ether oxygens (including phenoxy) is 2. The van der Waals surface area contributed by atoms with Gasteiger partial charge < -0.3 is 9.47 Å². The molecular weight excluding hydrogens is 128 g/mol. The van der Waals surface area contributed by atoms with Gasteiger partial charge in [0, 0.05) is 6.61 Å². The Balaban J connectivity index is 1.72. The average Bonchev–Trinajstić information content (AvgIpc) is 2.71. The minimum absolute atomic E-state index is 0.548. The van der Waals surface area contributed by atoms with E-state index in [1.54, 1.807) is 6.08 Å². The lowest BCUT2D eigenvalue weighted by Gasteiger charge is -1.97. The Labute approximate surface area is 61.8 Å². The maximum Gasteiger partial charge on any atom is 0.0810 e. The molecular formula is C8H14O2. The van der Waals surface area contributed by atoms with Crippen LogP contribution in [0.2, 0.25) is 0 Å². The van der Waals surface area contributed by atoms with Crippen molar-refractivity contribution in [3.05, 3.63) is 12.7 Å². The maximum atomic E-state index is 5.19. The van der Waals surface area contributed by atoms with E-state index in [1.165, 1.54) is 0 Å².